The van der Waals surface area contributed by atoms with Gasteiger partial charge in [0.25, 0.3) is 0 Å². The molecule has 21 heavy (non-hydrogen) atoms. The van der Waals surface area contributed by atoms with Crippen molar-refractivity contribution in [3.05, 3.63) is 23.8 Å². The minimum absolute atomic E-state index is 0.217. The lowest BCUT2D eigenvalue weighted by Crippen LogP contribution is -2.20. The highest BCUT2D eigenvalue weighted by Gasteiger charge is 2.15. The van der Waals surface area contributed by atoms with Gasteiger partial charge in [-0.3, -0.25) is 0 Å². The summed E-state index contributed by atoms with van der Waals surface area (Å²) in [5, 5.41) is 12.4. The molecule has 0 radical (unpaired) electrons. The molecule has 0 spiro atoms. The Hall–Kier alpha value is -1.73. The number of methoxy groups -OCH3 is 2. The van der Waals surface area contributed by atoms with Gasteiger partial charge in [0.15, 0.2) is 11.5 Å². The zero-order valence-corrected chi connectivity index (χ0v) is 13.5. The van der Waals surface area contributed by atoms with Crippen LogP contribution in [0.5, 0.6) is 11.5 Å². The fourth-order valence-electron chi connectivity index (χ4n) is 2.11. The average molecular weight is 290 g/mol. The number of hydrogen-bond acceptors (Lipinski definition) is 4. The highest BCUT2D eigenvalue weighted by molar-refractivity contribution is 5.42. The van der Waals surface area contributed by atoms with Crippen LogP contribution in [0.15, 0.2) is 18.2 Å². The molecule has 0 aliphatic carbocycles. The van der Waals surface area contributed by atoms with E-state index in [1.165, 1.54) is 5.56 Å². The lowest BCUT2D eigenvalue weighted by Gasteiger charge is -2.14. The first-order valence-electron chi connectivity index (χ1n) is 7.35. The lowest BCUT2D eigenvalue weighted by molar-refractivity contribution is 0.354. The van der Waals surface area contributed by atoms with Crippen molar-refractivity contribution in [2.24, 2.45) is 5.41 Å². The Kier molecular flexibility index (Phi) is 7.04. The first kappa shape index (κ1) is 17.3. The maximum atomic E-state index is 8.95. The summed E-state index contributed by atoms with van der Waals surface area (Å²) in [6, 6.07) is 8.33. The molecule has 0 heterocycles. The molecular weight excluding hydrogens is 264 g/mol. The molecule has 0 aliphatic heterocycles. The minimum Gasteiger partial charge on any atom is -0.493 e. The molecule has 4 nitrogen and oxygen atoms in total. The SMILES string of the molecule is COc1ccc(CCNCCCC(C)(C)C#N)cc1OC. The Bertz CT molecular complexity index is 478. The maximum Gasteiger partial charge on any atom is 0.160 e. The molecule has 1 N–H and O–H groups in total. The van der Waals surface area contributed by atoms with Gasteiger partial charge in [0.2, 0.25) is 0 Å². The van der Waals surface area contributed by atoms with E-state index in [0.29, 0.717) is 0 Å². The number of nitrogens with one attached hydrogen (secondary N) is 1. The van der Waals surface area contributed by atoms with Crippen LogP contribution in [0.4, 0.5) is 0 Å². The fourth-order valence-corrected chi connectivity index (χ4v) is 2.11. The normalized spacial score (nSPS) is 11.0. The van der Waals surface area contributed by atoms with E-state index in [1.807, 2.05) is 26.0 Å². The van der Waals surface area contributed by atoms with Crippen LogP contribution in [0.25, 0.3) is 0 Å². The predicted octanol–water partition coefficient (Wildman–Crippen LogP) is 3.17. The zero-order chi connectivity index (χ0) is 15.7. The minimum atomic E-state index is -0.217. The van der Waals surface area contributed by atoms with Crippen molar-refractivity contribution in [1.82, 2.24) is 5.32 Å². The highest BCUT2D eigenvalue weighted by Crippen LogP contribution is 2.27. The third-order valence-electron chi connectivity index (χ3n) is 3.50. The molecule has 4 heteroatoms. The van der Waals surface area contributed by atoms with Crippen LogP contribution >= 0.6 is 0 Å². The van der Waals surface area contributed by atoms with Crippen LogP contribution in [0.3, 0.4) is 0 Å². The van der Waals surface area contributed by atoms with Crippen molar-refractivity contribution in [2.75, 3.05) is 27.3 Å². The maximum absolute atomic E-state index is 8.95. The molecule has 0 atom stereocenters. The van der Waals surface area contributed by atoms with Gasteiger partial charge < -0.3 is 14.8 Å². The summed E-state index contributed by atoms with van der Waals surface area (Å²) < 4.78 is 10.5. The van der Waals surface area contributed by atoms with Gasteiger partial charge in [0, 0.05) is 0 Å². The molecule has 0 aliphatic rings. The van der Waals surface area contributed by atoms with Gasteiger partial charge in [-0.1, -0.05) is 6.07 Å². The summed E-state index contributed by atoms with van der Waals surface area (Å²) in [7, 11) is 3.29. The van der Waals surface area contributed by atoms with E-state index in [1.54, 1.807) is 14.2 Å². The molecule has 1 aromatic carbocycles. The number of nitrogens with zero attached hydrogens (tertiary/aromatic N) is 1. The van der Waals surface area contributed by atoms with Crippen molar-refractivity contribution in [2.45, 2.75) is 33.1 Å². The molecule has 0 unspecified atom stereocenters. The van der Waals surface area contributed by atoms with E-state index in [-0.39, 0.29) is 5.41 Å². The van der Waals surface area contributed by atoms with Gasteiger partial charge >= 0.3 is 0 Å². The average Bonchev–Trinajstić information content (AvgIpc) is 2.50. The number of hydrogen-bond donors (Lipinski definition) is 1. The second-order valence-corrected chi connectivity index (χ2v) is 5.79. The number of rotatable bonds is 9. The largest absolute Gasteiger partial charge is 0.493 e. The van der Waals surface area contributed by atoms with Gasteiger partial charge in [-0.15, -0.1) is 0 Å². The molecule has 0 saturated carbocycles. The number of benzene rings is 1. The van der Waals surface area contributed by atoms with Crippen molar-refractivity contribution < 1.29 is 9.47 Å². The van der Waals surface area contributed by atoms with Crippen LogP contribution in [0, 0.1) is 16.7 Å². The topological polar surface area (TPSA) is 54.3 Å². The Balaban J connectivity index is 2.29. The third-order valence-corrected chi connectivity index (χ3v) is 3.50. The second-order valence-electron chi connectivity index (χ2n) is 5.79. The van der Waals surface area contributed by atoms with Crippen LogP contribution in [0.1, 0.15) is 32.3 Å². The monoisotopic (exact) mass is 290 g/mol. The first-order chi connectivity index (χ1) is 10.0. The van der Waals surface area contributed by atoms with Gasteiger partial charge in [0.05, 0.1) is 25.7 Å². The molecule has 0 aromatic heterocycles. The Labute approximate surface area is 128 Å². The summed E-state index contributed by atoms with van der Waals surface area (Å²) >= 11 is 0. The quantitative estimate of drug-likeness (QED) is 0.710. The molecule has 0 fully saturated rings. The van der Waals surface area contributed by atoms with Gasteiger partial charge in [-0.2, -0.15) is 5.26 Å². The molecule has 1 rings (SSSR count). The Morgan fingerprint density at radius 2 is 1.86 bits per heavy atom. The van der Waals surface area contributed by atoms with Crippen LogP contribution in [0.2, 0.25) is 0 Å². The van der Waals surface area contributed by atoms with Gasteiger partial charge in [-0.05, 0) is 63.9 Å². The second kappa shape index (κ2) is 8.53. The van der Waals surface area contributed by atoms with Crippen LogP contribution in [-0.4, -0.2) is 27.3 Å². The third kappa shape index (κ3) is 6.05. The van der Waals surface area contributed by atoms with Crippen molar-refractivity contribution in [1.29, 1.82) is 5.26 Å². The van der Waals surface area contributed by atoms with Crippen molar-refractivity contribution in [3.63, 3.8) is 0 Å². The molecule has 0 saturated heterocycles. The highest BCUT2D eigenvalue weighted by atomic mass is 16.5. The first-order valence-corrected chi connectivity index (χ1v) is 7.35. The Morgan fingerprint density at radius 3 is 2.48 bits per heavy atom. The standard InChI is InChI=1S/C17H26N2O2/c1-17(2,13-18)9-5-10-19-11-8-14-6-7-15(20-3)16(12-14)21-4/h6-7,12,19H,5,8-11H2,1-4H3. The molecular formula is C17H26N2O2. The van der Waals surface area contributed by atoms with Crippen molar-refractivity contribution >= 4 is 0 Å². The summed E-state index contributed by atoms with van der Waals surface area (Å²) in [5.41, 5.74) is 1.00. The molecule has 1 aromatic rings. The van der Waals surface area contributed by atoms with E-state index in [0.717, 1.165) is 43.9 Å². The van der Waals surface area contributed by atoms with E-state index < -0.39 is 0 Å². The molecule has 0 bridgehead atoms. The number of ether oxygens (including phenoxy) is 2. The van der Waals surface area contributed by atoms with Crippen LogP contribution < -0.4 is 14.8 Å². The molecule has 116 valence electrons. The lowest BCUT2D eigenvalue weighted by atomic mass is 9.90. The smallest absolute Gasteiger partial charge is 0.160 e. The van der Waals surface area contributed by atoms with Gasteiger partial charge in [0.1, 0.15) is 0 Å². The summed E-state index contributed by atoms with van der Waals surface area (Å²) in [6.45, 7) is 5.83. The summed E-state index contributed by atoms with van der Waals surface area (Å²) in [5.74, 6) is 1.53. The number of nitriles is 1. The van der Waals surface area contributed by atoms with E-state index in [4.69, 9.17) is 14.7 Å². The molecule has 0 amide bonds. The zero-order valence-electron chi connectivity index (χ0n) is 13.5. The van der Waals surface area contributed by atoms with Gasteiger partial charge in [-0.25, -0.2) is 0 Å². The Morgan fingerprint density at radius 1 is 1.14 bits per heavy atom. The van der Waals surface area contributed by atoms with E-state index in [2.05, 4.69) is 17.5 Å². The van der Waals surface area contributed by atoms with Crippen LogP contribution in [-0.2, 0) is 6.42 Å². The van der Waals surface area contributed by atoms with E-state index >= 15 is 0 Å². The summed E-state index contributed by atoms with van der Waals surface area (Å²) in [4.78, 5) is 0. The van der Waals surface area contributed by atoms with E-state index in [9.17, 15) is 0 Å². The summed E-state index contributed by atoms with van der Waals surface area (Å²) in [6.07, 6.45) is 2.89. The van der Waals surface area contributed by atoms with Crippen molar-refractivity contribution in [3.8, 4) is 17.6 Å². The predicted molar refractivity (Wildman–Crippen MR) is 84.7 cm³/mol. The fraction of sp³-hybridized carbons (Fsp3) is 0.588.